The van der Waals surface area contributed by atoms with Crippen molar-refractivity contribution in [2.45, 2.75) is 96.4 Å². The molecule has 1 aliphatic rings. The lowest BCUT2D eigenvalue weighted by molar-refractivity contribution is 0.159. The van der Waals surface area contributed by atoms with Crippen LogP contribution < -0.4 is 0 Å². The van der Waals surface area contributed by atoms with E-state index in [0.717, 1.165) is 6.42 Å². The van der Waals surface area contributed by atoms with Crippen LogP contribution in [-0.4, -0.2) is 28.8 Å². The molecule has 0 bridgehead atoms. The Kier molecular flexibility index (Phi) is 5.42. The van der Waals surface area contributed by atoms with E-state index in [4.69, 9.17) is 8.85 Å². The molecule has 1 aliphatic carbocycles. The second-order valence-corrected chi connectivity index (χ2v) is 19.0. The summed E-state index contributed by atoms with van der Waals surface area (Å²) in [6, 6.07) is 0. The van der Waals surface area contributed by atoms with Crippen LogP contribution in [0.2, 0.25) is 36.3 Å². The van der Waals surface area contributed by atoms with Crippen LogP contribution in [0, 0.1) is 0 Å². The Morgan fingerprint density at radius 2 is 1.00 bits per heavy atom. The van der Waals surface area contributed by atoms with Crippen LogP contribution in [0.15, 0.2) is 12.2 Å². The lowest BCUT2D eigenvalue weighted by Gasteiger charge is -2.39. The van der Waals surface area contributed by atoms with Crippen LogP contribution in [0.1, 0.15) is 48.0 Å². The second kappa shape index (κ2) is 5.95. The third-order valence-electron chi connectivity index (χ3n) is 5.51. The average molecular weight is 329 g/mol. The average Bonchev–Trinajstić information content (AvgIpc) is 2.60. The summed E-state index contributed by atoms with van der Waals surface area (Å²) < 4.78 is 13.0. The zero-order valence-electron chi connectivity index (χ0n) is 15.8. The van der Waals surface area contributed by atoms with Gasteiger partial charge in [0, 0.05) is 6.42 Å². The van der Waals surface area contributed by atoms with E-state index in [1.165, 1.54) is 0 Å². The van der Waals surface area contributed by atoms with E-state index in [0.29, 0.717) is 0 Å². The van der Waals surface area contributed by atoms with Crippen molar-refractivity contribution >= 4 is 16.6 Å². The zero-order chi connectivity index (χ0) is 16.7. The van der Waals surface area contributed by atoms with Gasteiger partial charge in [-0.1, -0.05) is 53.7 Å². The van der Waals surface area contributed by atoms with Crippen LogP contribution >= 0.6 is 0 Å². The Morgan fingerprint density at radius 1 is 0.714 bits per heavy atom. The van der Waals surface area contributed by atoms with Gasteiger partial charge in [0.05, 0.1) is 12.2 Å². The van der Waals surface area contributed by atoms with Gasteiger partial charge in [0.1, 0.15) is 0 Å². The maximum atomic E-state index is 6.48. The Hall–Kier alpha value is 0.0938. The van der Waals surface area contributed by atoms with E-state index in [9.17, 15) is 0 Å². The topological polar surface area (TPSA) is 18.5 Å². The summed E-state index contributed by atoms with van der Waals surface area (Å²) in [5.41, 5.74) is 0. The summed E-state index contributed by atoms with van der Waals surface area (Å²) in [6.45, 7) is 23.0. The molecule has 0 radical (unpaired) electrons. The van der Waals surface area contributed by atoms with Gasteiger partial charge >= 0.3 is 0 Å². The standard InChI is InChI=1S/C17H36O2Si2/c1-16(2,3)20(7,8)18-14-11-12-15(13-14)19-21(9,10)17(4,5)6/h11-12,14-15H,13H2,1-10H3/t14-,15-/m0/s1. The van der Waals surface area contributed by atoms with Crippen molar-refractivity contribution in [3.05, 3.63) is 12.2 Å². The summed E-state index contributed by atoms with van der Waals surface area (Å²) in [7, 11) is -3.38. The first-order chi connectivity index (χ1) is 9.16. The quantitative estimate of drug-likeness (QED) is 0.485. The summed E-state index contributed by atoms with van der Waals surface area (Å²) in [5, 5.41) is 0.526. The molecule has 21 heavy (non-hydrogen) atoms. The molecular weight excluding hydrogens is 292 g/mol. The smallest absolute Gasteiger partial charge is 0.192 e. The molecule has 124 valence electrons. The van der Waals surface area contributed by atoms with Crippen molar-refractivity contribution in [1.29, 1.82) is 0 Å². The Morgan fingerprint density at radius 3 is 1.24 bits per heavy atom. The van der Waals surface area contributed by atoms with E-state index in [1.54, 1.807) is 0 Å². The van der Waals surface area contributed by atoms with E-state index < -0.39 is 16.6 Å². The molecule has 2 nitrogen and oxygen atoms in total. The van der Waals surface area contributed by atoms with Crippen molar-refractivity contribution in [1.82, 2.24) is 0 Å². The van der Waals surface area contributed by atoms with Crippen LogP contribution in [-0.2, 0) is 8.85 Å². The summed E-state index contributed by atoms with van der Waals surface area (Å²) >= 11 is 0. The fourth-order valence-corrected chi connectivity index (χ4v) is 4.49. The van der Waals surface area contributed by atoms with Crippen LogP contribution in [0.5, 0.6) is 0 Å². The monoisotopic (exact) mass is 328 g/mol. The van der Waals surface area contributed by atoms with Gasteiger partial charge in [-0.05, 0) is 36.3 Å². The maximum absolute atomic E-state index is 6.48. The molecule has 0 saturated heterocycles. The third-order valence-corrected chi connectivity index (χ3v) is 14.5. The Bertz CT molecular complexity index is 351. The summed E-state index contributed by atoms with van der Waals surface area (Å²) in [6.07, 6.45) is 5.90. The normalized spacial score (nSPS) is 24.7. The van der Waals surface area contributed by atoms with Gasteiger partial charge in [-0.15, -0.1) is 0 Å². The Labute approximate surface area is 134 Å². The van der Waals surface area contributed by atoms with E-state index in [-0.39, 0.29) is 22.3 Å². The van der Waals surface area contributed by atoms with Gasteiger partial charge < -0.3 is 8.85 Å². The highest BCUT2D eigenvalue weighted by molar-refractivity contribution is 6.74. The highest BCUT2D eigenvalue weighted by Crippen LogP contribution is 2.41. The van der Waals surface area contributed by atoms with Gasteiger partial charge in [-0.2, -0.15) is 0 Å². The number of hydrogen-bond donors (Lipinski definition) is 0. The summed E-state index contributed by atoms with van der Waals surface area (Å²) in [5.74, 6) is 0. The number of rotatable bonds is 4. The minimum Gasteiger partial charge on any atom is -0.410 e. The van der Waals surface area contributed by atoms with Gasteiger partial charge in [0.2, 0.25) is 0 Å². The first kappa shape index (κ1) is 19.1. The molecule has 4 heteroatoms. The molecule has 0 fully saturated rings. The first-order valence-corrected chi connectivity index (χ1v) is 14.0. The van der Waals surface area contributed by atoms with E-state index in [1.807, 2.05) is 0 Å². The fraction of sp³-hybridized carbons (Fsp3) is 0.882. The van der Waals surface area contributed by atoms with Crippen molar-refractivity contribution in [2.24, 2.45) is 0 Å². The minimum atomic E-state index is -1.69. The first-order valence-electron chi connectivity index (χ1n) is 8.20. The van der Waals surface area contributed by atoms with Gasteiger partial charge in [-0.25, -0.2) is 0 Å². The number of hydrogen-bond acceptors (Lipinski definition) is 2. The molecule has 0 amide bonds. The van der Waals surface area contributed by atoms with Crippen molar-refractivity contribution in [2.75, 3.05) is 0 Å². The molecule has 0 aliphatic heterocycles. The van der Waals surface area contributed by atoms with E-state index in [2.05, 4.69) is 79.9 Å². The van der Waals surface area contributed by atoms with Gasteiger partial charge in [0.25, 0.3) is 0 Å². The van der Waals surface area contributed by atoms with Crippen LogP contribution in [0.25, 0.3) is 0 Å². The lowest BCUT2D eigenvalue weighted by atomic mass is 10.2. The molecule has 0 aromatic carbocycles. The van der Waals surface area contributed by atoms with Gasteiger partial charge in [0.15, 0.2) is 16.6 Å². The van der Waals surface area contributed by atoms with Crippen LogP contribution in [0.4, 0.5) is 0 Å². The summed E-state index contributed by atoms with van der Waals surface area (Å²) in [4.78, 5) is 0. The maximum Gasteiger partial charge on any atom is 0.192 e. The molecule has 0 spiro atoms. The predicted octanol–water partition coefficient (Wildman–Crippen LogP) is 5.73. The highest BCUT2D eigenvalue weighted by Gasteiger charge is 2.42. The SMILES string of the molecule is CC(C)(C)[Si](C)(C)O[C@H]1C=C[C@H](O[Si](C)(C)C(C)(C)C)C1. The lowest BCUT2D eigenvalue weighted by Crippen LogP contribution is -2.45. The van der Waals surface area contributed by atoms with Crippen molar-refractivity contribution in [3.8, 4) is 0 Å². The molecule has 0 N–H and O–H groups in total. The van der Waals surface area contributed by atoms with Crippen molar-refractivity contribution < 1.29 is 8.85 Å². The largest absolute Gasteiger partial charge is 0.410 e. The van der Waals surface area contributed by atoms with E-state index >= 15 is 0 Å². The molecule has 0 aromatic heterocycles. The third kappa shape index (κ3) is 4.78. The molecule has 1 rings (SSSR count). The van der Waals surface area contributed by atoms with Gasteiger partial charge in [-0.3, -0.25) is 0 Å². The van der Waals surface area contributed by atoms with Crippen LogP contribution in [0.3, 0.4) is 0 Å². The second-order valence-electron chi connectivity index (χ2n) is 9.45. The predicted molar refractivity (Wildman–Crippen MR) is 97.9 cm³/mol. The molecule has 0 unspecified atom stereocenters. The molecule has 0 saturated carbocycles. The highest BCUT2D eigenvalue weighted by atomic mass is 28.4. The zero-order valence-corrected chi connectivity index (χ0v) is 17.8. The molecule has 0 heterocycles. The molecule has 0 aromatic rings. The minimum absolute atomic E-state index is 0.237. The molecular formula is C17H36O2Si2. The fourth-order valence-electron chi connectivity index (χ4n) is 1.92. The molecule has 2 atom stereocenters. The Balaban J connectivity index is 2.61. The van der Waals surface area contributed by atoms with Crippen molar-refractivity contribution in [3.63, 3.8) is 0 Å².